The normalized spacial score (nSPS) is 14.4. The van der Waals surface area contributed by atoms with Crippen molar-refractivity contribution in [1.29, 1.82) is 0 Å². The summed E-state index contributed by atoms with van der Waals surface area (Å²) >= 11 is 0. The van der Waals surface area contributed by atoms with Gasteiger partial charge in [0, 0.05) is 18.2 Å². The number of hydrogen-bond donors (Lipinski definition) is 2. The number of likely N-dealkylation sites (N-methyl/N-ethyl adjacent to an activating group) is 1. The Morgan fingerprint density at radius 2 is 1.92 bits per heavy atom. The molecule has 0 aliphatic heterocycles. The maximum Gasteiger partial charge on any atom is 0.186 e. The van der Waals surface area contributed by atoms with Gasteiger partial charge in [0.2, 0.25) is 0 Å². The summed E-state index contributed by atoms with van der Waals surface area (Å²) in [6.45, 7) is 4.10. The third-order valence-electron chi connectivity index (χ3n) is 4.24. The maximum atomic E-state index is 13.5. The summed E-state index contributed by atoms with van der Waals surface area (Å²) in [6, 6.07) is 11.3. The van der Waals surface area contributed by atoms with Crippen molar-refractivity contribution in [1.82, 2.24) is 14.9 Å². The van der Waals surface area contributed by atoms with E-state index >= 15 is 0 Å². The molecule has 2 aromatic rings. The standard InChI is InChI=1S/C19H24F2N5/c1-19(2,14-8-6-10-16(22-3)25-14)15-9-7-11-17(26(15)5)24-12-13(20)18(21)23-4/h6-11,18,23H,1-5H3,(H,22,25)/q-1. The second-order valence-corrected chi connectivity index (χ2v) is 6.33. The smallest absolute Gasteiger partial charge is 0.186 e. The molecule has 0 saturated heterocycles. The highest BCUT2D eigenvalue weighted by atomic mass is 19.2. The van der Waals surface area contributed by atoms with Crippen molar-refractivity contribution in [2.45, 2.75) is 25.6 Å². The van der Waals surface area contributed by atoms with Gasteiger partial charge in [-0.1, -0.05) is 12.1 Å². The van der Waals surface area contributed by atoms with Crippen LogP contribution in [-0.2, 0) is 12.5 Å². The van der Waals surface area contributed by atoms with E-state index in [1.54, 1.807) is 6.07 Å². The lowest BCUT2D eigenvalue weighted by Crippen LogP contribution is -2.31. The first-order valence-corrected chi connectivity index (χ1v) is 8.26. The molecule has 0 aliphatic rings. The molecule has 0 aliphatic carbocycles. The second-order valence-electron chi connectivity index (χ2n) is 6.33. The molecule has 5 nitrogen and oxygen atoms in total. The summed E-state index contributed by atoms with van der Waals surface area (Å²) in [7, 11) is 4.96. The van der Waals surface area contributed by atoms with Gasteiger partial charge in [-0.05, 0) is 51.6 Å². The summed E-state index contributed by atoms with van der Waals surface area (Å²) in [4.78, 5) is 8.59. The molecule has 2 rings (SSSR count). The van der Waals surface area contributed by atoms with Gasteiger partial charge in [0.05, 0.1) is 11.5 Å². The minimum atomic E-state index is -1.92. The first-order chi connectivity index (χ1) is 12.3. The fraction of sp³-hybridized carbons (Fsp3) is 0.368. The molecule has 2 heterocycles. The van der Waals surface area contributed by atoms with Crippen molar-refractivity contribution in [3.63, 3.8) is 0 Å². The van der Waals surface area contributed by atoms with Crippen LogP contribution in [0.1, 0.15) is 25.2 Å². The van der Waals surface area contributed by atoms with Gasteiger partial charge >= 0.3 is 0 Å². The number of pyridine rings is 2. The Morgan fingerprint density at radius 1 is 1.23 bits per heavy atom. The molecule has 0 amide bonds. The Labute approximate surface area is 152 Å². The molecule has 26 heavy (non-hydrogen) atoms. The number of aromatic nitrogens is 2. The fourth-order valence-corrected chi connectivity index (χ4v) is 2.66. The number of anilines is 1. The van der Waals surface area contributed by atoms with E-state index < -0.39 is 17.5 Å². The lowest BCUT2D eigenvalue weighted by atomic mass is 9.84. The molecular formula is C19H24F2N5-. The quantitative estimate of drug-likeness (QED) is 0.615. The van der Waals surface area contributed by atoms with Crippen molar-refractivity contribution in [2.24, 2.45) is 12.0 Å². The fourth-order valence-electron chi connectivity index (χ4n) is 2.66. The number of nitrogens with zero attached hydrogens (tertiary/aromatic N) is 3. The minimum absolute atomic E-state index is 0.428. The Balaban J connectivity index is 2.51. The Kier molecular flexibility index (Phi) is 6.26. The van der Waals surface area contributed by atoms with E-state index in [1.807, 2.05) is 62.8 Å². The predicted molar refractivity (Wildman–Crippen MR) is 98.7 cm³/mol. The van der Waals surface area contributed by atoms with Crippen LogP contribution in [0, 0.1) is 6.20 Å². The van der Waals surface area contributed by atoms with Gasteiger partial charge in [0.15, 0.2) is 6.30 Å². The molecule has 0 aromatic carbocycles. The van der Waals surface area contributed by atoms with Crippen LogP contribution in [0.3, 0.4) is 0 Å². The number of hydrogen-bond acceptors (Lipinski definition) is 4. The van der Waals surface area contributed by atoms with Crippen molar-refractivity contribution in [2.75, 3.05) is 19.4 Å². The molecule has 7 heteroatoms. The van der Waals surface area contributed by atoms with E-state index in [1.165, 1.54) is 7.05 Å². The van der Waals surface area contributed by atoms with Gasteiger partial charge in [-0.25, -0.2) is 13.8 Å². The molecule has 2 N–H and O–H groups in total. The Bertz CT molecular complexity index is 855. The third-order valence-corrected chi connectivity index (χ3v) is 4.24. The van der Waals surface area contributed by atoms with Crippen LogP contribution >= 0.6 is 0 Å². The third kappa shape index (κ3) is 4.16. The van der Waals surface area contributed by atoms with Gasteiger partial charge in [-0.3, -0.25) is 5.32 Å². The van der Waals surface area contributed by atoms with E-state index in [4.69, 9.17) is 0 Å². The van der Waals surface area contributed by atoms with E-state index in [2.05, 4.69) is 26.8 Å². The topological polar surface area (TPSA) is 54.2 Å². The highest BCUT2D eigenvalue weighted by Gasteiger charge is 2.26. The SMILES string of the molecule is CNc1cccc(C(C)(C)c2cccc(=N[C-]=C(F)C(F)NC)n2C)n1. The van der Waals surface area contributed by atoms with Gasteiger partial charge in [-0.15, -0.1) is 12.3 Å². The second kappa shape index (κ2) is 8.23. The van der Waals surface area contributed by atoms with Crippen LogP contribution in [0.25, 0.3) is 0 Å². The molecule has 0 bridgehead atoms. The molecule has 140 valence electrons. The number of rotatable bonds is 6. The highest BCUT2D eigenvalue weighted by molar-refractivity contribution is 5.39. The van der Waals surface area contributed by atoms with Crippen molar-refractivity contribution < 1.29 is 8.78 Å². The van der Waals surface area contributed by atoms with E-state index in [9.17, 15) is 8.78 Å². The molecule has 0 saturated carbocycles. The Hall–Kier alpha value is -2.54. The average molecular weight is 360 g/mol. The number of alkyl halides is 1. The first-order valence-electron chi connectivity index (χ1n) is 8.26. The molecule has 2 aromatic heterocycles. The summed E-state index contributed by atoms with van der Waals surface area (Å²) in [6.07, 6.45) is 0.199. The predicted octanol–water partition coefficient (Wildman–Crippen LogP) is 2.82. The monoisotopic (exact) mass is 360 g/mol. The van der Waals surface area contributed by atoms with Crippen LogP contribution < -0.4 is 16.1 Å². The maximum absolute atomic E-state index is 13.5. The van der Waals surface area contributed by atoms with Crippen LogP contribution in [0.2, 0.25) is 0 Å². The molecule has 1 unspecified atom stereocenters. The Morgan fingerprint density at radius 3 is 2.58 bits per heavy atom. The highest BCUT2D eigenvalue weighted by Crippen LogP contribution is 2.29. The van der Waals surface area contributed by atoms with Gasteiger partial charge in [-0.2, -0.15) is 0 Å². The largest absolute Gasteiger partial charge is 0.435 e. The van der Waals surface area contributed by atoms with Crippen LogP contribution in [0.5, 0.6) is 0 Å². The lowest BCUT2D eigenvalue weighted by Gasteiger charge is -2.29. The van der Waals surface area contributed by atoms with Gasteiger partial charge in [0.1, 0.15) is 5.82 Å². The molecule has 0 spiro atoms. The summed E-state index contributed by atoms with van der Waals surface area (Å²) in [5.41, 5.74) is 1.83. The number of nitrogens with one attached hydrogen (secondary N) is 2. The zero-order valence-electron chi connectivity index (χ0n) is 15.6. The summed E-state index contributed by atoms with van der Waals surface area (Å²) < 4.78 is 28.6. The van der Waals surface area contributed by atoms with E-state index in [0.29, 0.717) is 5.49 Å². The number of halogens is 2. The van der Waals surface area contributed by atoms with E-state index in [0.717, 1.165) is 17.2 Å². The van der Waals surface area contributed by atoms with Crippen molar-refractivity contribution in [3.05, 3.63) is 65.3 Å². The van der Waals surface area contributed by atoms with Crippen LogP contribution in [0.15, 0.2) is 47.2 Å². The minimum Gasteiger partial charge on any atom is -0.435 e. The van der Waals surface area contributed by atoms with Crippen LogP contribution in [0.4, 0.5) is 14.6 Å². The summed E-state index contributed by atoms with van der Waals surface area (Å²) in [5.74, 6) is -0.320. The zero-order valence-corrected chi connectivity index (χ0v) is 15.6. The molecule has 0 fully saturated rings. The summed E-state index contributed by atoms with van der Waals surface area (Å²) in [5, 5.41) is 5.19. The molecule has 1 atom stereocenters. The molecular weight excluding hydrogens is 336 g/mol. The molecule has 0 radical (unpaired) electrons. The lowest BCUT2D eigenvalue weighted by molar-refractivity contribution is 0.287. The van der Waals surface area contributed by atoms with Crippen LogP contribution in [-0.4, -0.2) is 29.9 Å². The van der Waals surface area contributed by atoms with Gasteiger partial charge < -0.3 is 14.9 Å². The van der Waals surface area contributed by atoms with Gasteiger partial charge in [0.25, 0.3) is 0 Å². The average Bonchev–Trinajstić information content (AvgIpc) is 2.66. The zero-order chi connectivity index (χ0) is 19.3. The van der Waals surface area contributed by atoms with Crippen molar-refractivity contribution >= 4 is 5.82 Å². The first kappa shape index (κ1) is 19.8. The van der Waals surface area contributed by atoms with Crippen molar-refractivity contribution in [3.8, 4) is 0 Å². The van der Waals surface area contributed by atoms with E-state index in [-0.39, 0.29) is 0 Å².